The second-order valence-corrected chi connectivity index (χ2v) is 6.94. The van der Waals surface area contributed by atoms with Gasteiger partial charge in [0.15, 0.2) is 0 Å². The quantitative estimate of drug-likeness (QED) is 0.814. The lowest BCUT2D eigenvalue weighted by molar-refractivity contribution is -0.122. The molecular weight excluding hydrogens is 306 g/mol. The van der Waals surface area contributed by atoms with Crippen molar-refractivity contribution in [1.29, 1.82) is 0 Å². The average molecular weight is 331 g/mol. The van der Waals surface area contributed by atoms with Crippen LogP contribution < -0.4 is 10.1 Å². The molecule has 2 aliphatic carbocycles. The summed E-state index contributed by atoms with van der Waals surface area (Å²) in [6.45, 7) is 0.410. The fraction of sp³-hybridized carbons (Fsp3) is 0.579. The number of esters is 1. The van der Waals surface area contributed by atoms with E-state index in [-0.39, 0.29) is 5.91 Å². The van der Waals surface area contributed by atoms with Crippen molar-refractivity contribution >= 4 is 11.9 Å². The number of nitrogens with one attached hydrogen (secondary N) is 1. The van der Waals surface area contributed by atoms with Crippen LogP contribution in [0.15, 0.2) is 18.2 Å². The Hall–Kier alpha value is -2.04. The third-order valence-corrected chi connectivity index (χ3v) is 5.49. The first-order chi connectivity index (χ1) is 11.6. The molecule has 2 fully saturated rings. The summed E-state index contributed by atoms with van der Waals surface area (Å²) in [6.07, 6.45) is 5.81. The second-order valence-electron chi connectivity index (χ2n) is 6.94. The zero-order valence-electron chi connectivity index (χ0n) is 14.3. The lowest BCUT2D eigenvalue weighted by Gasteiger charge is -2.21. The molecule has 0 saturated heterocycles. The van der Waals surface area contributed by atoms with Crippen LogP contribution in [-0.2, 0) is 16.1 Å². The number of benzene rings is 1. The maximum absolute atomic E-state index is 12.2. The van der Waals surface area contributed by atoms with Gasteiger partial charge >= 0.3 is 5.97 Å². The Kier molecular flexibility index (Phi) is 5.07. The van der Waals surface area contributed by atoms with Gasteiger partial charge in [-0.25, -0.2) is 4.79 Å². The number of ether oxygens (including phenoxy) is 2. The Bertz CT molecular complexity index is 628. The molecule has 2 aliphatic rings. The van der Waals surface area contributed by atoms with Gasteiger partial charge in [-0.05, 0) is 54.7 Å². The van der Waals surface area contributed by atoms with Crippen molar-refractivity contribution in [3.8, 4) is 5.75 Å². The SMILES string of the molecule is COC(=O)c1cc(CNC(=O)C[C@@H]2C[C@H]3CC[C@H]2C3)ccc1OC. The highest BCUT2D eigenvalue weighted by Gasteiger charge is 2.39. The first kappa shape index (κ1) is 16.8. The van der Waals surface area contributed by atoms with E-state index in [1.165, 1.54) is 39.9 Å². The van der Waals surface area contributed by atoms with Gasteiger partial charge in [0.05, 0.1) is 14.2 Å². The molecule has 2 bridgehead atoms. The fourth-order valence-electron chi connectivity index (χ4n) is 4.27. The molecule has 130 valence electrons. The molecular formula is C19H25NO4. The van der Waals surface area contributed by atoms with Crippen LogP contribution in [0.4, 0.5) is 0 Å². The molecule has 2 saturated carbocycles. The highest BCUT2D eigenvalue weighted by Crippen LogP contribution is 2.49. The Morgan fingerprint density at radius 1 is 1.21 bits per heavy atom. The van der Waals surface area contributed by atoms with Crippen molar-refractivity contribution in [2.45, 2.75) is 38.6 Å². The highest BCUT2D eigenvalue weighted by atomic mass is 16.5. The molecule has 24 heavy (non-hydrogen) atoms. The monoisotopic (exact) mass is 331 g/mol. The molecule has 1 aromatic carbocycles. The van der Waals surface area contributed by atoms with E-state index in [1.54, 1.807) is 12.1 Å². The Balaban J connectivity index is 1.56. The summed E-state index contributed by atoms with van der Waals surface area (Å²) in [5.74, 6) is 2.30. The van der Waals surface area contributed by atoms with Gasteiger partial charge in [-0.2, -0.15) is 0 Å². The molecule has 1 amide bonds. The number of amides is 1. The van der Waals surface area contributed by atoms with Crippen LogP contribution in [-0.4, -0.2) is 26.1 Å². The number of methoxy groups -OCH3 is 2. The topological polar surface area (TPSA) is 64.6 Å². The van der Waals surface area contributed by atoms with Gasteiger partial charge in [0.25, 0.3) is 0 Å². The molecule has 0 aliphatic heterocycles. The first-order valence-electron chi connectivity index (χ1n) is 8.62. The zero-order valence-corrected chi connectivity index (χ0v) is 14.3. The summed E-state index contributed by atoms with van der Waals surface area (Å²) in [4.78, 5) is 24.0. The number of hydrogen-bond donors (Lipinski definition) is 1. The van der Waals surface area contributed by atoms with E-state index in [9.17, 15) is 9.59 Å². The molecule has 1 aromatic rings. The van der Waals surface area contributed by atoms with Crippen molar-refractivity contribution in [2.24, 2.45) is 17.8 Å². The van der Waals surface area contributed by atoms with Gasteiger partial charge in [-0.3, -0.25) is 4.79 Å². The Labute approximate surface area is 142 Å². The van der Waals surface area contributed by atoms with Gasteiger partial charge in [0.1, 0.15) is 11.3 Å². The molecule has 0 unspecified atom stereocenters. The maximum Gasteiger partial charge on any atom is 0.341 e. The van der Waals surface area contributed by atoms with E-state index in [0.29, 0.717) is 30.2 Å². The van der Waals surface area contributed by atoms with Crippen molar-refractivity contribution in [3.63, 3.8) is 0 Å². The second kappa shape index (κ2) is 7.24. The van der Waals surface area contributed by atoms with Gasteiger partial charge in [0.2, 0.25) is 5.91 Å². The normalized spacial score (nSPS) is 24.7. The van der Waals surface area contributed by atoms with E-state index < -0.39 is 5.97 Å². The fourth-order valence-corrected chi connectivity index (χ4v) is 4.27. The van der Waals surface area contributed by atoms with E-state index in [1.807, 2.05) is 6.07 Å². The van der Waals surface area contributed by atoms with Crippen molar-refractivity contribution < 1.29 is 19.1 Å². The van der Waals surface area contributed by atoms with Crippen LogP contribution in [0, 0.1) is 17.8 Å². The number of carbonyl (C=O) groups is 2. The highest BCUT2D eigenvalue weighted by molar-refractivity contribution is 5.92. The molecule has 0 radical (unpaired) electrons. The molecule has 3 rings (SSSR count). The molecule has 0 heterocycles. The molecule has 1 N–H and O–H groups in total. The molecule has 0 aromatic heterocycles. The van der Waals surface area contributed by atoms with Crippen molar-refractivity contribution in [2.75, 3.05) is 14.2 Å². The largest absolute Gasteiger partial charge is 0.496 e. The van der Waals surface area contributed by atoms with E-state index in [2.05, 4.69) is 5.32 Å². The van der Waals surface area contributed by atoms with Crippen LogP contribution in [0.5, 0.6) is 5.75 Å². The number of fused-ring (bicyclic) bond motifs is 2. The standard InChI is InChI=1S/C19H25NO4/c1-23-17-6-4-13(9-16(17)19(22)24-2)11-20-18(21)10-15-8-12-3-5-14(15)7-12/h4,6,9,12,14-15H,3,5,7-8,10-11H2,1-2H3,(H,20,21)/t12-,14-,15-/m0/s1. The van der Waals surface area contributed by atoms with Crippen LogP contribution in [0.3, 0.4) is 0 Å². The lowest BCUT2D eigenvalue weighted by Crippen LogP contribution is -2.27. The van der Waals surface area contributed by atoms with Crippen LogP contribution in [0.1, 0.15) is 48.0 Å². The first-order valence-corrected chi connectivity index (χ1v) is 8.62. The molecule has 0 spiro atoms. The predicted octanol–water partition coefficient (Wildman–Crippen LogP) is 2.92. The molecule has 5 heteroatoms. The van der Waals surface area contributed by atoms with Crippen molar-refractivity contribution in [3.05, 3.63) is 29.3 Å². The summed E-state index contributed by atoms with van der Waals surface area (Å²) < 4.78 is 9.95. The number of carbonyl (C=O) groups excluding carboxylic acids is 2. The third-order valence-electron chi connectivity index (χ3n) is 5.49. The smallest absolute Gasteiger partial charge is 0.341 e. The number of hydrogen-bond acceptors (Lipinski definition) is 4. The minimum Gasteiger partial charge on any atom is -0.496 e. The van der Waals surface area contributed by atoms with Crippen LogP contribution in [0.25, 0.3) is 0 Å². The summed E-state index contributed by atoms with van der Waals surface area (Å²) >= 11 is 0. The van der Waals surface area contributed by atoms with Gasteiger partial charge in [-0.1, -0.05) is 12.5 Å². The van der Waals surface area contributed by atoms with Crippen molar-refractivity contribution in [1.82, 2.24) is 5.32 Å². The van der Waals surface area contributed by atoms with E-state index in [0.717, 1.165) is 17.4 Å². The maximum atomic E-state index is 12.2. The lowest BCUT2D eigenvalue weighted by atomic mass is 9.86. The van der Waals surface area contributed by atoms with Gasteiger partial charge in [0, 0.05) is 13.0 Å². The Morgan fingerprint density at radius 3 is 2.67 bits per heavy atom. The summed E-state index contributed by atoms with van der Waals surface area (Å²) in [5.41, 5.74) is 1.23. The van der Waals surface area contributed by atoms with E-state index in [4.69, 9.17) is 9.47 Å². The number of rotatable bonds is 6. The van der Waals surface area contributed by atoms with Gasteiger partial charge < -0.3 is 14.8 Å². The molecule has 5 nitrogen and oxygen atoms in total. The van der Waals surface area contributed by atoms with Crippen LogP contribution >= 0.6 is 0 Å². The predicted molar refractivity (Wildman–Crippen MR) is 89.7 cm³/mol. The summed E-state index contributed by atoms with van der Waals surface area (Å²) in [7, 11) is 2.85. The zero-order chi connectivity index (χ0) is 17.1. The van der Waals surface area contributed by atoms with E-state index >= 15 is 0 Å². The minimum atomic E-state index is -0.443. The third kappa shape index (κ3) is 3.55. The molecule has 3 atom stereocenters. The summed E-state index contributed by atoms with van der Waals surface area (Å²) in [6, 6.07) is 5.29. The summed E-state index contributed by atoms with van der Waals surface area (Å²) in [5, 5.41) is 2.98. The van der Waals surface area contributed by atoms with Crippen LogP contribution in [0.2, 0.25) is 0 Å². The average Bonchev–Trinajstić information content (AvgIpc) is 3.22. The minimum absolute atomic E-state index is 0.1000. The van der Waals surface area contributed by atoms with Gasteiger partial charge in [-0.15, -0.1) is 0 Å². The Morgan fingerprint density at radius 2 is 2.04 bits per heavy atom.